The molecular weight excluding hydrogens is 378 g/mol. The highest BCUT2D eigenvalue weighted by atomic mass is 16.5. The number of aromatic amines is 2. The van der Waals surface area contributed by atoms with Crippen LogP contribution >= 0.6 is 0 Å². The van der Waals surface area contributed by atoms with Crippen LogP contribution in [0.15, 0.2) is 47.2 Å². The van der Waals surface area contributed by atoms with Gasteiger partial charge in [-0.3, -0.25) is 30.6 Å². The Morgan fingerprint density at radius 3 is 2.76 bits per heavy atom. The summed E-state index contributed by atoms with van der Waals surface area (Å²) < 4.78 is 5.05. The van der Waals surface area contributed by atoms with Crippen LogP contribution in [0.25, 0.3) is 22.9 Å². The Balaban J connectivity index is 1.25. The molecule has 0 radical (unpaired) electrons. The predicted octanol–water partition coefficient (Wildman–Crippen LogP) is 0.639. The van der Waals surface area contributed by atoms with Crippen molar-refractivity contribution in [3.8, 4) is 22.9 Å². The van der Waals surface area contributed by atoms with Crippen molar-refractivity contribution in [1.82, 2.24) is 46.4 Å². The second-order valence-electron chi connectivity index (χ2n) is 5.88. The average molecular weight is 393 g/mol. The number of aryl methyl sites for hydroxylation is 1. The Kier molecular flexibility index (Phi) is 5.05. The SMILES string of the molecule is O=C(CCc1nc(-c2ncn[nH]2)no1)NNC(=O)c1cc(-c2ccccc2)n[nH]1. The number of nitrogens with zero attached hydrogens (tertiary/aromatic N) is 5. The van der Waals surface area contributed by atoms with Crippen LogP contribution in [-0.4, -0.2) is 47.3 Å². The van der Waals surface area contributed by atoms with E-state index in [-0.39, 0.29) is 30.3 Å². The van der Waals surface area contributed by atoms with E-state index in [0.717, 1.165) is 5.56 Å². The molecule has 2 amide bonds. The van der Waals surface area contributed by atoms with E-state index in [4.69, 9.17) is 4.52 Å². The summed E-state index contributed by atoms with van der Waals surface area (Å²) in [6.07, 6.45) is 1.56. The minimum atomic E-state index is -0.515. The van der Waals surface area contributed by atoms with Gasteiger partial charge >= 0.3 is 0 Å². The molecule has 0 atom stereocenters. The molecule has 12 heteroatoms. The van der Waals surface area contributed by atoms with Crippen molar-refractivity contribution in [2.45, 2.75) is 12.8 Å². The quantitative estimate of drug-likeness (QED) is 0.346. The molecule has 0 fully saturated rings. The van der Waals surface area contributed by atoms with Crippen molar-refractivity contribution in [3.63, 3.8) is 0 Å². The normalized spacial score (nSPS) is 10.6. The topological polar surface area (TPSA) is 167 Å². The molecular formula is C17H15N9O3. The zero-order valence-electron chi connectivity index (χ0n) is 14.9. The molecule has 0 spiro atoms. The zero-order valence-corrected chi connectivity index (χ0v) is 14.9. The molecule has 4 N–H and O–H groups in total. The number of hydrogen-bond donors (Lipinski definition) is 4. The van der Waals surface area contributed by atoms with Crippen molar-refractivity contribution >= 4 is 11.8 Å². The van der Waals surface area contributed by atoms with E-state index < -0.39 is 11.8 Å². The van der Waals surface area contributed by atoms with Gasteiger partial charge in [-0.25, -0.2) is 4.98 Å². The van der Waals surface area contributed by atoms with E-state index in [0.29, 0.717) is 11.5 Å². The Bertz CT molecular complexity index is 1100. The van der Waals surface area contributed by atoms with E-state index in [9.17, 15) is 9.59 Å². The highest BCUT2D eigenvalue weighted by molar-refractivity contribution is 5.94. The minimum Gasteiger partial charge on any atom is -0.339 e. The van der Waals surface area contributed by atoms with Crippen LogP contribution < -0.4 is 10.9 Å². The Hall–Kier alpha value is -4.35. The number of rotatable bonds is 6. The molecule has 0 bridgehead atoms. The van der Waals surface area contributed by atoms with Crippen molar-refractivity contribution in [2.24, 2.45) is 0 Å². The molecule has 0 aliphatic rings. The number of nitrogens with one attached hydrogen (secondary N) is 4. The van der Waals surface area contributed by atoms with Crippen LogP contribution in [-0.2, 0) is 11.2 Å². The summed E-state index contributed by atoms with van der Waals surface area (Å²) in [4.78, 5) is 32.1. The lowest BCUT2D eigenvalue weighted by Gasteiger charge is -2.04. The van der Waals surface area contributed by atoms with Crippen molar-refractivity contribution in [1.29, 1.82) is 0 Å². The molecule has 0 unspecified atom stereocenters. The summed E-state index contributed by atoms with van der Waals surface area (Å²) in [6, 6.07) is 11.0. The van der Waals surface area contributed by atoms with Crippen LogP contribution in [0, 0.1) is 0 Å². The fraction of sp³-hybridized carbons (Fsp3) is 0.118. The summed E-state index contributed by atoms with van der Waals surface area (Å²) in [6.45, 7) is 0. The number of hydrogen-bond acceptors (Lipinski definition) is 8. The number of amides is 2. The van der Waals surface area contributed by atoms with E-state index >= 15 is 0 Å². The number of hydrazine groups is 1. The van der Waals surface area contributed by atoms with Crippen LogP contribution in [0.1, 0.15) is 22.8 Å². The highest BCUT2D eigenvalue weighted by Gasteiger charge is 2.14. The van der Waals surface area contributed by atoms with E-state index in [2.05, 4.69) is 46.4 Å². The van der Waals surface area contributed by atoms with Crippen molar-refractivity contribution in [3.05, 3.63) is 54.3 Å². The molecule has 0 saturated carbocycles. The van der Waals surface area contributed by atoms with Gasteiger partial charge in [-0.2, -0.15) is 15.2 Å². The Morgan fingerprint density at radius 1 is 1.10 bits per heavy atom. The molecule has 4 rings (SSSR count). The number of H-pyrrole nitrogens is 2. The zero-order chi connectivity index (χ0) is 20.1. The van der Waals surface area contributed by atoms with E-state index in [1.165, 1.54) is 6.33 Å². The second kappa shape index (κ2) is 8.12. The molecule has 29 heavy (non-hydrogen) atoms. The third kappa shape index (κ3) is 4.32. The van der Waals surface area contributed by atoms with Gasteiger partial charge in [-0.15, -0.1) is 0 Å². The third-order valence-corrected chi connectivity index (χ3v) is 3.87. The fourth-order valence-corrected chi connectivity index (χ4v) is 2.44. The molecule has 4 aromatic rings. The molecule has 0 aliphatic carbocycles. The van der Waals surface area contributed by atoms with Gasteiger partial charge in [-0.1, -0.05) is 35.5 Å². The summed E-state index contributed by atoms with van der Waals surface area (Å²) in [7, 11) is 0. The van der Waals surface area contributed by atoms with Gasteiger partial charge in [0.2, 0.25) is 17.6 Å². The number of aromatic nitrogens is 7. The largest absolute Gasteiger partial charge is 0.339 e. The molecule has 3 heterocycles. The maximum absolute atomic E-state index is 12.1. The first-order valence-corrected chi connectivity index (χ1v) is 8.57. The molecule has 146 valence electrons. The minimum absolute atomic E-state index is 0.0383. The first-order chi connectivity index (χ1) is 14.2. The number of carbonyl (C=O) groups is 2. The first-order valence-electron chi connectivity index (χ1n) is 8.57. The van der Waals surface area contributed by atoms with E-state index in [1.54, 1.807) is 6.07 Å². The summed E-state index contributed by atoms with van der Waals surface area (Å²) in [5.74, 6) is -0.0521. The van der Waals surface area contributed by atoms with Gasteiger partial charge in [-0.05, 0) is 6.07 Å². The lowest BCUT2D eigenvalue weighted by atomic mass is 10.1. The Morgan fingerprint density at radius 2 is 1.97 bits per heavy atom. The molecule has 0 saturated heterocycles. The van der Waals surface area contributed by atoms with Crippen LogP contribution in [0.4, 0.5) is 0 Å². The Labute approximate surface area is 163 Å². The van der Waals surface area contributed by atoms with Crippen molar-refractivity contribution < 1.29 is 14.1 Å². The summed E-state index contributed by atoms with van der Waals surface area (Å²) >= 11 is 0. The van der Waals surface area contributed by atoms with E-state index in [1.807, 2.05) is 30.3 Å². The standard InChI is InChI=1S/C17H15N9O3/c27-13(6-7-14-20-16(26-29-14)15-18-9-19-24-15)23-25-17(28)12-8-11(21-22-12)10-4-2-1-3-5-10/h1-5,8-9H,6-7H2,(H,21,22)(H,23,27)(H,25,28)(H,18,19,24). The third-order valence-electron chi connectivity index (χ3n) is 3.87. The lowest BCUT2D eigenvalue weighted by molar-refractivity contribution is -0.121. The summed E-state index contributed by atoms with van der Waals surface area (Å²) in [5, 5.41) is 16.8. The van der Waals surface area contributed by atoms with Crippen molar-refractivity contribution in [2.75, 3.05) is 0 Å². The highest BCUT2D eigenvalue weighted by Crippen LogP contribution is 2.16. The van der Waals surface area contributed by atoms with Gasteiger partial charge in [0.15, 0.2) is 5.82 Å². The molecule has 0 aliphatic heterocycles. The maximum Gasteiger partial charge on any atom is 0.287 e. The lowest BCUT2D eigenvalue weighted by Crippen LogP contribution is -2.41. The monoisotopic (exact) mass is 393 g/mol. The maximum atomic E-state index is 12.1. The predicted molar refractivity (Wildman–Crippen MR) is 97.6 cm³/mol. The fourth-order valence-electron chi connectivity index (χ4n) is 2.44. The van der Waals surface area contributed by atoms with Gasteiger partial charge in [0.1, 0.15) is 12.0 Å². The average Bonchev–Trinajstić information content (AvgIpc) is 3.52. The van der Waals surface area contributed by atoms with Gasteiger partial charge in [0.25, 0.3) is 5.91 Å². The second-order valence-corrected chi connectivity index (χ2v) is 5.88. The van der Waals surface area contributed by atoms with Crippen LogP contribution in [0.5, 0.6) is 0 Å². The number of carbonyl (C=O) groups excluding carboxylic acids is 2. The molecule has 3 aromatic heterocycles. The van der Waals surface area contributed by atoms with Crippen LogP contribution in [0.3, 0.4) is 0 Å². The summed E-state index contributed by atoms with van der Waals surface area (Å²) in [5.41, 5.74) is 6.38. The van der Waals surface area contributed by atoms with Gasteiger partial charge in [0.05, 0.1) is 5.69 Å². The molecule has 12 nitrogen and oxygen atoms in total. The van der Waals surface area contributed by atoms with Gasteiger partial charge in [0, 0.05) is 18.4 Å². The smallest absolute Gasteiger partial charge is 0.287 e. The number of benzene rings is 1. The van der Waals surface area contributed by atoms with Gasteiger partial charge < -0.3 is 4.52 Å². The first kappa shape index (κ1) is 18.0. The molecule has 1 aromatic carbocycles. The van der Waals surface area contributed by atoms with Crippen LogP contribution in [0.2, 0.25) is 0 Å².